The summed E-state index contributed by atoms with van der Waals surface area (Å²) in [7, 11) is 3.09. The fourth-order valence-corrected chi connectivity index (χ4v) is 3.00. The third-order valence-electron chi connectivity index (χ3n) is 4.29. The minimum Gasteiger partial charge on any atom is -0.493 e. The Morgan fingerprint density at radius 1 is 1.19 bits per heavy atom. The average Bonchev–Trinajstić information content (AvgIpc) is 2.64. The summed E-state index contributed by atoms with van der Waals surface area (Å²) in [6.07, 6.45) is 0.749. The van der Waals surface area contributed by atoms with E-state index in [4.69, 9.17) is 9.47 Å². The van der Waals surface area contributed by atoms with Crippen molar-refractivity contribution in [2.45, 2.75) is 19.4 Å². The van der Waals surface area contributed by atoms with Gasteiger partial charge >= 0.3 is 0 Å². The lowest BCUT2D eigenvalue weighted by Crippen LogP contribution is -2.25. The molecule has 1 aliphatic heterocycles. The first-order valence-electron chi connectivity index (χ1n) is 8.14. The lowest BCUT2D eigenvalue weighted by atomic mass is 9.99. The highest BCUT2D eigenvalue weighted by Gasteiger charge is 2.17. The van der Waals surface area contributed by atoms with Gasteiger partial charge in [0.15, 0.2) is 11.5 Å². The van der Waals surface area contributed by atoms with E-state index in [1.807, 2.05) is 6.07 Å². The van der Waals surface area contributed by atoms with Crippen molar-refractivity contribution in [2.24, 2.45) is 0 Å². The van der Waals surface area contributed by atoms with E-state index in [1.54, 1.807) is 38.5 Å². The van der Waals surface area contributed by atoms with Crippen molar-refractivity contribution >= 4 is 24.0 Å². The molecule has 3 rings (SSSR count). The van der Waals surface area contributed by atoms with Crippen molar-refractivity contribution in [3.8, 4) is 11.5 Å². The highest BCUT2D eigenvalue weighted by Crippen LogP contribution is 2.28. The number of ether oxygens (including phenoxy) is 2. The zero-order chi connectivity index (χ0) is 17.8. The Bertz CT molecular complexity index is 799. The van der Waals surface area contributed by atoms with Crippen LogP contribution in [0.1, 0.15) is 16.7 Å². The summed E-state index contributed by atoms with van der Waals surface area (Å²) < 4.78 is 25.0. The number of rotatable bonds is 5. The number of anilines is 1. The summed E-state index contributed by atoms with van der Waals surface area (Å²) in [5.74, 6) is 0.543. The minimum absolute atomic E-state index is 0. The first-order valence-corrected chi connectivity index (χ1v) is 8.14. The van der Waals surface area contributed by atoms with E-state index in [2.05, 4.69) is 10.6 Å². The van der Waals surface area contributed by atoms with Crippen molar-refractivity contribution < 1.29 is 18.7 Å². The number of carbonyl (C=O) groups is 1. The largest absolute Gasteiger partial charge is 0.493 e. The van der Waals surface area contributed by atoms with E-state index >= 15 is 0 Å². The molecule has 26 heavy (non-hydrogen) atoms. The Morgan fingerprint density at radius 3 is 2.69 bits per heavy atom. The second kappa shape index (κ2) is 8.87. The topological polar surface area (TPSA) is 59.6 Å². The van der Waals surface area contributed by atoms with Crippen LogP contribution in [0.25, 0.3) is 0 Å². The van der Waals surface area contributed by atoms with E-state index in [9.17, 15) is 9.18 Å². The second-order valence-corrected chi connectivity index (χ2v) is 5.91. The maximum Gasteiger partial charge on any atom is 0.228 e. The van der Waals surface area contributed by atoms with Gasteiger partial charge < -0.3 is 20.1 Å². The number of amides is 1. The van der Waals surface area contributed by atoms with E-state index in [0.29, 0.717) is 30.0 Å². The van der Waals surface area contributed by atoms with Crippen LogP contribution in [0.5, 0.6) is 11.5 Å². The molecule has 2 aromatic carbocycles. The van der Waals surface area contributed by atoms with Crippen molar-refractivity contribution in [1.82, 2.24) is 5.32 Å². The SMILES string of the molecule is COc1ccc(CC(=O)Nc2ccc3c(c2F)CCNC3)cc1OC.Cl. The summed E-state index contributed by atoms with van der Waals surface area (Å²) in [5, 5.41) is 5.87. The molecule has 0 saturated heterocycles. The Kier molecular flexibility index (Phi) is 6.83. The van der Waals surface area contributed by atoms with Crippen molar-refractivity contribution in [3.63, 3.8) is 0 Å². The van der Waals surface area contributed by atoms with Gasteiger partial charge in [0.1, 0.15) is 5.82 Å². The van der Waals surface area contributed by atoms with E-state index in [-0.39, 0.29) is 36.2 Å². The molecule has 5 nitrogen and oxygen atoms in total. The maximum atomic E-state index is 14.6. The predicted octanol–water partition coefficient (Wildman–Crippen LogP) is 3.09. The molecule has 1 heterocycles. The molecule has 2 aromatic rings. The molecule has 0 fully saturated rings. The summed E-state index contributed by atoms with van der Waals surface area (Å²) in [4.78, 5) is 12.3. The molecule has 0 radical (unpaired) electrons. The van der Waals surface area contributed by atoms with Crippen molar-refractivity contribution in [1.29, 1.82) is 0 Å². The number of halogens is 2. The normalized spacial score (nSPS) is 12.6. The van der Waals surface area contributed by atoms with Gasteiger partial charge in [0, 0.05) is 6.54 Å². The Hall–Kier alpha value is -2.31. The number of hydrogen-bond donors (Lipinski definition) is 2. The van der Waals surface area contributed by atoms with Crippen LogP contribution in [0.4, 0.5) is 10.1 Å². The molecular weight excluding hydrogens is 359 g/mol. The number of fused-ring (bicyclic) bond motifs is 1. The molecule has 0 aliphatic carbocycles. The van der Waals surface area contributed by atoms with Crippen LogP contribution in [0.2, 0.25) is 0 Å². The molecule has 0 bridgehead atoms. The molecular formula is C19H22ClFN2O3. The smallest absolute Gasteiger partial charge is 0.228 e. The van der Waals surface area contributed by atoms with E-state index < -0.39 is 0 Å². The van der Waals surface area contributed by atoms with Crippen molar-refractivity contribution in [2.75, 3.05) is 26.1 Å². The van der Waals surface area contributed by atoms with Crippen molar-refractivity contribution in [3.05, 3.63) is 52.8 Å². The summed E-state index contributed by atoms with van der Waals surface area (Å²) >= 11 is 0. The van der Waals surface area contributed by atoms with Gasteiger partial charge in [0.25, 0.3) is 0 Å². The summed E-state index contributed by atoms with van der Waals surface area (Å²) in [6, 6.07) is 8.75. The van der Waals surface area contributed by atoms with Gasteiger partial charge in [-0.1, -0.05) is 12.1 Å². The Labute approximate surface area is 158 Å². The number of methoxy groups -OCH3 is 2. The summed E-state index contributed by atoms with van der Waals surface area (Å²) in [6.45, 7) is 1.40. The summed E-state index contributed by atoms with van der Waals surface area (Å²) in [5.41, 5.74) is 2.62. The van der Waals surface area contributed by atoms with Gasteiger partial charge in [0.2, 0.25) is 5.91 Å². The van der Waals surface area contributed by atoms with Crippen LogP contribution in [0.15, 0.2) is 30.3 Å². The van der Waals surface area contributed by atoms with E-state index in [1.165, 1.54) is 0 Å². The number of benzene rings is 2. The van der Waals surface area contributed by atoms with Crippen LogP contribution in [0, 0.1) is 5.82 Å². The lowest BCUT2D eigenvalue weighted by Gasteiger charge is -2.19. The first kappa shape index (κ1) is 20.0. The second-order valence-electron chi connectivity index (χ2n) is 5.91. The van der Waals surface area contributed by atoms with Gasteiger partial charge in [-0.25, -0.2) is 4.39 Å². The zero-order valence-electron chi connectivity index (χ0n) is 14.7. The van der Waals surface area contributed by atoms with Crippen LogP contribution in [-0.4, -0.2) is 26.7 Å². The molecule has 0 atom stereocenters. The van der Waals surface area contributed by atoms with Crippen LogP contribution in [0.3, 0.4) is 0 Å². The molecule has 7 heteroatoms. The fraction of sp³-hybridized carbons (Fsp3) is 0.316. The molecule has 0 spiro atoms. The first-order chi connectivity index (χ1) is 12.1. The number of carbonyl (C=O) groups excluding carboxylic acids is 1. The molecule has 0 unspecified atom stereocenters. The quantitative estimate of drug-likeness (QED) is 0.836. The van der Waals surface area contributed by atoms with Gasteiger partial charge in [-0.3, -0.25) is 4.79 Å². The number of hydrogen-bond acceptors (Lipinski definition) is 4. The Balaban J connectivity index is 0.00000243. The highest BCUT2D eigenvalue weighted by atomic mass is 35.5. The van der Waals surface area contributed by atoms with Gasteiger partial charge in [-0.05, 0) is 47.9 Å². The molecule has 1 amide bonds. The van der Waals surface area contributed by atoms with Gasteiger partial charge in [-0.15, -0.1) is 12.4 Å². The van der Waals surface area contributed by atoms with Crippen LogP contribution >= 0.6 is 12.4 Å². The van der Waals surface area contributed by atoms with Gasteiger partial charge in [0.05, 0.1) is 26.3 Å². The molecule has 2 N–H and O–H groups in total. The van der Waals surface area contributed by atoms with Gasteiger partial charge in [-0.2, -0.15) is 0 Å². The van der Waals surface area contributed by atoms with Crippen LogP contribution in [-0.2, 0) is 24.2 Å². The fourth-order valence-electron chi connectivity index (χ4n) is 3.00. The highest BCUT2D eigenvalue weighted by molar-refractivity contribution is 5.92. The molecule has 0 aromatic heterocycles. The molecule has 1 aliphatic rings. The third-order valence-corrected chi connectivity index (χ3v) is 4.29. The lowest BCUT2D eigenvalue weighted by molar-refractivity contribution is -0.115. The van der Waals surface area contributed by atoms with E-state index in [0.717, 1.165) is 17.7 Å². The zero-order valence-corrected chi connectivity index (χ0v) is 15.5. The minimum atomic E-state index is -0.334. The Morgan fingerprint density at radius 2 is 1.96 bits per heavy atom. The average molecular weight is 381 g/mol. The third kappa shape index (κ3) is 4.26. The molecule has 0 saturated carbocycles. The van der Waals surface area contributed by atoms with Crippen LogP contribution < -0.4 is 20.1 Å². The standard InChI is InChI=1S/C19H21FN2O3.ClH/c1-24-16-6-3-12(9-17(16)25-2)10-18(23)22-15-5-4-13-11-21-8-7-14(13)19(15)20;/h3-6,9,21H,7-8,10-11H2,1-2H3,(H,22,23);1H. The predicted molar refractivity (Wildman–Crippen MR) is 101 cm³/mol. The monoisotopic (exact) mass is 380 g/mol. The molecule has 140 valence electrons. The number of nitrogens with one attached hydrogen (secondary N) is 2. The maximum absolute atomic E-state index is 14.6.